The second-order valence-electron chi connectivity index (χ2n) is 6.11. The highest BCUT2D eigenvalue weighted by molar-refractivity contribution is 9.10. The maximum Gasteiger partial charge on any atom is 0.226 e. The summed E-state index contributed by atoms with van der Waals surface area (Å²) in [6, 6.07) is 9.61. The van der Waals surface area contributed by atoms with E-state index in [4.69, 9.17) is 4.74 Å². The molecule has 7 heteroatoms. The Kier molecular flexibility index (Phi) is 5.60. The van der Waals surface area contributed by atoms with Crippen molar-refractivity contribution < 1.29 is 18.7 Å². The van der Waals surface area contributed by atoms with E-state index in [9.17, 15) is 14.0 Å². The number of benzene rings is 2. The van der Waals surface area contributed by atoms with Gasteiger partial charge in [0.05, 0.1) is 29.7 Å². The van der Waals surface area contributed by atoms with Crippen LogP contribution in [0.25, 0.3) is 6.08 Å². The van der Waals surface area contributed by atoms with E-state index in [1.807, 2.05) is 30.3 Å². The third-order valence-electron chi connectivity index (χ3n) is 4.33. The molecule has 1 heterocycles. The lowest BCUT2D eigenvalue weighted by Crippen LogP contribution is -2.33. The lowest BCUT2D eigenvalue weighted by molar-refractivity contribution is -0.129. The van der Waals surface area contributed by atoms with Crippen LogP contribution in [0.3, 0.4) is 0 Å². The van der Waals surface area contributed by atoms with Gasteiger partial charge in [-0.1, -0.05) is 24.3 Å². The van der Waals surface area contributed by atoms with E-state index in [-0.39, 0.29) is 23.9 Å². The zero-order valence-corrected chi connectivity index (χ0v) is 16.4. The monoisotopic (exact) mass is 432 g/mol. The third kappa shape index (κ3) is 4.03. The van der Waals surface area contributed by atoms with Crippen molar-refractivity contribution >= 4 is 39.5 Å². The molecule has 2 amide bonds. The lowest BCUT2D eigenvalue weighted by Gasteiger charge is -2.32. The van der Waals surface area contributed by atoms with Crippen molar-refractivity contribution in [1.82, 2.24) is 4.90 Å². The number of hydrogen-bond donors (Lipinski definition) is 1. The average Bonchev–Trinajstić information content (AvgIpc) is 2.61. The van der Waals surface area contributed by atoms with Crippen LogP contribution in [0.5, 0.6) is 5.75 Å². The Labute approximate surface area is 164 Å². The van der Waals surface area contributed by atoms with Gasteiger partial charge in [-0.05, 0) is 39.2 Å². The topological polar surface area (TPSA) is 58.6 Å². The highest BCUT2D eigenvalue weighted by Gasteiger charge is 2.28. The molecule has 0 fully saturated rings. The molecule has 1 atom stereocenters. The number of nitrogens with one attached hydrogen (secondary N) is 1. The summed E-state index contributed by atoms with van der Waals surface area (Å²) in [4.78, 5) is 26.2. The smallest absolute Gasteiger partial charge is 0.226 e. The van der Waals surface area contributed by atoms with Crippen LogP contribution in [0, 0.1) is 5.82 Å². The highest BCUT2D eigenvalue weighted by atomic mass is 79.9. The third-order valence-corrected chi connectivity index (χ3v) is 4.92. The molecule has 0 bridgehead atoms. The number of carbonyl (C=O) groups excluding carboxylic acids is 2. The fourth-order valence-corrected chi connectivity index (χ4v) is 3.74. The average molecular weight is 433 g/mol. The minimum atomic E-state index is -0.505. The van der Waals surface area contributed by atoms with Crippen LogP contribution in [0.2, 0.25) is 0 Å². The van der Waals surface area contributed by atoms with E-state index in [1.165, 1.54) is 31.1 Å². The Bertz CT molecular complexity index is 929. The van der Waals surface area contributed by atoms with Crippen molar-refractivity contribution in [2.24, 2.45) is 0 Å². The van der Waals surface area contributed by atoms with Crippen molar-refractivity contribution in [2.75, 3.05) is 12.4 Å². The minimum absolute atomic E-state index is 0.0260. The molecule has 0 radical (unpaired) electrons. The van der Waals surface area contributed by atoms with Gasteiger partial charge in [0.2, 0.25) is 11.8 Å². The Morgan fingerprint density at radius 1 is 1.30 bits per heavy atom. The molecule has 0 aliphatic carbocycles. The number of halogens is 2. The first-order chi connectivity index (χ1) is 12.9. The lowest BCUT2D eigenvalue weighted by atomic mass is 9.93. The van der Waals surface area contributed by atoms with E-state index < -0.39 is 11.9 Å². The van der Waals surface area contributed by atoms with Crippen LogP contribution < -0.4 is 10.1 Å². The number of fused-ring (bicyclic) bond motifs is 1. The molecule has 1 aliphatic heterocycles. The Balaban J connectivity index is 1.86. The van der Waals surface area contributed by atoms with E-state index in [1.54, 1.807) is 6.20 Å². The Morgan fingerprint density at radius 3 is 2.74 bits per heavy atom. The molecular weight excluding hydrogens is 415 g/mol. The summed E-state index contributed by atoms with van der Waals surface area (Å²) in [5.74, 6) is -0.691. The summed E-state index contributed by atoms with van der Waals surface area (Å²) in [6.07, 6.45) is 3.55. The second kappa shape index (κ2) is 7.92. The standard InChI is InChI=1S/C20H18BrFN2O3/c1-12(25)24-8-7-13-5-3-4-6-15(13)18(24)11-19(26)23-17-10-14(22)9-16(21)20(17)27-2/h3-10,18H,11H2,1-2H3,(H,23,26)/t18-/m1/s1. The van der Waals surface area contributed by atoms with Crippen molar-refractivity contribution in [2.45, 2.75) is 19.4 Å². The normalized spacial score (nSPS) is 15.3. The number of methoxy groups -OCH3 is 1. The molecule has 0 saturated carbocycles. The van der Waals surface area contributed by atoms with Gasteiger partial charge >= 0.3 is 0 Å². The molecule has 5 nitrogen and oxygen atoms in total. The van der Waals surface area contributed by atoms with Crippen LogP contribution in [0.4, 0.5) is 10.1 Å². The van der Waals surface area contributed by atoms with Crippen LogP contribution in [0.1, 0.15) is 30.5 Å². The van der Waals surface area contributed by atoms with Gasteiger partial charge in [0.15, 0.2) is 5.75 Å². The summed E-state index contributed by atoms with van der Waals surface area (Å²) in [5.41, 5.74) is 2.07. The number of anilines is 1. The molecular formula is C20H18BrFN2O3. The zero-order chi connectivity index (χ0) is 19.6. The van der Waals surface area contributed by atoms with Gasteiger partial charge in [-0.25, -0.2) is 4.39 Å². The molecule has 0 saturated heterocycles. The fourth-order valence-electron chi connectivity index (χ4n) is 3.15. The van der Waals surface area contributed by atoms with Gasteiger partial charge in [0, 0.05) is 19.2 Å². The Hall–Kier alpha value is -2.67. The molecule has 0 unspecified atom stereocenters. The summed E-state index contributed by atoms with van der Waals surface area (Å²) in [7, 11) is 1.44. The van der Waals surface area contributed by atoms with Crippen LogP contribution in [0.15, 0.2) is 47.1 Å². The van der Waals surface area contributed by atoms with Crippen molar-refractivity contribution in [1.29, 1.82) is 0 Å². The van der Waals surface area contributed by atoms with Crippen molar-refractivity contribution in [3.8, 4) is 5.75 Å². The summed E-state index contributed by atoms with van der Waals surface area (Å²) in [6.45, 7) is 1.45. The van der Waals surface area contributed by atoms with E-state index in [2.05, 4.69) is 21.2 Å². The van der Waals surface area contributed by atoms with Gasteiger partial charge < -0.3 is 15.0 Å². The largest absolute Gasteiger partial charge is 0.493 e. The molecule has 0 aromatic heterocycles. The van der Waals surface area contributed by atoms with Gasteiger partial charge in [0.1, 0.15) is 5.82 Å². The maximum atomic E-state index is 13.7. The molecule has 0 spiro atoms. The quantitative estimate of drug-likeness (QED) is 0.773. The molecule has 27 heavy (non-hydrogen) atoms. The number of hydrogen-bond acceptors (Lipinski definition) is 3. The van der Waals surface area contributed by atoms with Crippen LogP contribution in [-0.2, 0) is 9.59 Å². The summed E-state index contributed by atoms with van der Waals surface area (Å²) in [5, 5.41) is 2.68. The minimum Gasteiger partial charge on any atom is -0.493 e. The van der Waals surface area contributed by atoms with Gasteiger partial charge in [0.25, 0.3) is 0 Å². The van der Waals surface area contributed by atoms with Gasteiger partial charge in [-0.3, -0.25) is 9.59 Å². The zero-order valence-electron chi connectivity index (χ0n) is 14.8. The molecule has 1 N–H and O–H groups in total. The number of amides is 2. The van der Waals surface area contributed by atoms with E-state index in [0.717, 1.165) is 11.1 Å². The van der Waals surface area contributed by atoms with Crippen LogP contribution in [-0.4, -0.2) is 23.8 Å². The number of ether oxygens (including phenoxy) is 1. The molecule has 3 rings (SSSR count). The molecule has 1 aliphatic rings. The van der Waals surface area contributed by atoms with E-state index >= 15 is 0 Å². The SMILES string of the molecule is COc1c(Br)cc(F)cc1NC(=O)C[C@@H]1c2ccccc2C=CN1C(C)=O. The first-order valence-corrected chi connectivity index (χ1v) is 9.09. The molecule has 2 aromatic rings. The second-order valence-corrected chi connectivity index (χ2v) is 6.96. The number of rotatable bonds is 4. The summed E-state index contributed by atoms with van der Waals surface area (Å²) < 4.78 is 19.4. The van der Waals surface area contributed by atoms with Crippen molar-refractivity contribution in [3.63, 3.8) is 0 Å². The molecule has 140 valence electrons. The predicted octanol–water partition coefficient (Wildman–Crippen LogP) is 4.50. The highest BCUT2D eigenvalue weighted by Crippen LogP contribution is 2.36. The first kappa shape index (κ1) is 19.1. The Morgan fingerprint density at radius 2 is 2.04 bits per heavy atom. The number of carbonyl (C=O) groups is 2. The predicted molar refractivity (Wildman–Crippen MR) is 105 cm³/mol. The fraction of sp³-hybridized carbons (Fsp3) is 0.200. The van der Waals surface area contributed by atoms with Crippen molar-refractivity contribution in [3.05, 3.63) is 64.0 Å². The van der Waals surface area contributed by atoms with E-state index in [0.29, 0.717) is 10.2 Å². The van der Waals surface area contributed by atoms with Crippen LogP contribution >= 0.6 is 15.9 Å². The molecule has 2 aromatic carbocycles. The van der Waals surface area contributed by atoms with Gasteiger partial charge in [-0.2, -0.15) is 0 Å². The van der Waals surface area contributed by atoms with Gasteiger partial charge in [-0.15, -0.1) is 0 Å². The maximum absolute atomic E-state index is 13.7. The first-order valence-electron chi connectivity index (χ1n) is 8.29. The summed E-state index contributed by atoms with van der Waals surface area (Å²) >= 11 is 3.22. The number of nitrogens with zero attached hydrogens (tertiary/aromatic N) is 1.